The highest BCUT2D eigenvalue weighted by Gasteiger charge is 2.32. The van der Waals surface area contributed by atoms with Crippen molar-refractivity contribution in [2.24, 2.45) is 5.92 Å². The zero-order chi connectivity index (χ0) is 15.2. The molecule has 1 aliphatic rings. The van der Waals surface area contributed by atoms with Crippen LogP contribution < -0.4 is 5.32 Å². The van der Waals surface area contributed by atoms with Gasteiger partial charge in [-0.2, -0.15) is 0 Å². The molecule has 2 N–H and O–H groups in total. The Morgan fingerprint density at radius 2 is 2.00 bits per heavy atom. The molecular formula is C16H22N2O3. The summed E-state index contributed by atoms with van der Waals surface area (Å²) < 4.78 is 0. The fourth-order valence-corrected chi connectivity index (χ4v) is 2.34. The van der Waals surface area contributed by atoms with Crippen LogP contribution in [0, 0.1) is 5.92 Å². The summed E-state index contributed by atoms with van der Waals surface area (Å²) in [6.07, 6.45) is 3.09. The van der Waals surface area contributed by atoms with Gasteiger partial charge in [-0.3, -0.25) is 4.79 Å². The zero-order valence-corrected chi connectivity index (χ0v) is 12.3. The van der Waals surface area contributed by atoms with Gasteiger partial charge in [0.1, 0.15) is 0 Å². The Morgan fingerprint density at radius 1 is 1.33 bits per heavy atom. The summed E-state index contributed by atoms with van der Waals surface area (Å²) in [6, 6.07) is 10.1. The van der Waals surface area contributed by atoms with Gasteiger partial charge in [-0.1, -0.05) is 30.3 Å². The van der Waals surface area contributed by atoms with Crippen LogP contribution in [-0.4, -0.2) is 41.6 Å². The summed E-state index contributed by atoms with van der Waals surface area (Å²) in [7, 11) is 1.63. The van der Waals surface area contributed by atoms with Gasteiger partial charge >= 0.3 is 12.0 Å². The molecule has 0 aliphatic heterocycles. The first-order valence-corrected chi connectivity index (χ1v) is 7.33. The molecule has 0 bridgehead atoms. The molecule has 1 fully saturated rings. The summed E-state index contributed by atoms with van der Waals surface area (Å²) in [5.41, 5.74) is 1.21. The molecule has 0 saturated heterocycles. The maximum Gasteiger partial charge on any atom is 0.317 e. The Balaban J connectivity index is 1.87. The molecule has 114 valence electrons. The Morgan fingerprint density at radius 3 is 2.57 bits per heavy atom. The molecule has 0 heterocycles. The quantitative estimate of drug-likeness (QED) is 0.808. The Kier molecular flexibility index (Phi) is 5.20. The van der Waals surface area contributed by atoms with Gasteiger partial charge < -0.3 is 15.3 Å². The third-order valence-corrected chi connectivity index (χ3v) is 3.81. The van der Waals surface area contributed by atoms with Crippen molar-refractivity contribution in [3.05, 3.63) is 35.9 Å². The number of benzene rings is 1. The number of nitrogens with zero attached hydrogens (tertiary/aromatic N) is 1. The van der Waals surface area contributed by atoms with Crippen LogP contribution in [-0.2, 0) is 11.2 Å². The van der Waals surface area contributed by atoms with E-state index in [2.05, 4.69) is 17.4 Å². The molecule has 1 atom stereocenters. The van der Waals surface area contributed by atoms with E-state index in [0.29, 0.717) is 5.92 Å². The number of rotatable bonds is 7. The van der Waals surface area contributed by atoms with E-state index in [1.165, 1.54) is 10.5 Å². The molecule has 0 aromatic heterocycles. The van der Waals surface area contributed by atoms with E-state index in [9.17, 15) is 9.59 Å². The molecule has 0 radical (unpaired) electrons. The highest BCUT2D eigenvalue weighted by atomic mass is 16.4. The third kappa shape index (κ3) is 5.10. The van der Waals surface area contributed by atoms with Gasteiger partial charge in [-0.25, -0.2) is 4.79 Å². The molecule has 21 heavy (non-hydrogen) atoms. The molecule has 2 rings (SSSR count). The summed E-state index contributed by atoms with van der Waals surface area (Å²) in [5, 5.41) is 11.7. The van der Waals surface area contributed by atoms with Crippen molar-refractivity contribution in [1.29, 1.82) is 0 Å². The molecule has 1 saturated carbocycles. The largest absolute Gasteiger partial charge is 0.481 e. The van der Waals surface area contributed by atoms with Crippen molar-refractivity contribution < 1.29 is 14.7 Å². The van der Waals surface area contributed by atoms with Crippen LogP contribution in [0.1, 0.15) is 24.8 Å². The first-order valence-electron chi connectivity index (χ1n) is 7.33. The molecule has 1 unspecified atom stereocenters. The molecule has 1 aromatic carbocycles. The van der Waals surface area contributed by atoms with Gasteiger partial charge in [-0.05, 0) is 30.7 Å². The molecule has 5 nitrogen and oxygen atoms in total. The van der Waals surface area contributed by atoms with Crippen LogP contribution in [0.5, 0.6) is 0 Å². The molecule has 5 heteroatoms. The smallest absolute Gasteiger partial charge is 0.317 e. The topological polar surface area (TPSA) is 69.6 Å². The van der Waals surface area contributed by atoms with Gasteiger partial charge in [0.05, 0.1) is 6.42 Å². The van der Waals surface area contributed by atoms with Gasteiger partial charge in [0, 0.05) is 19.6 Å². The Hall–Kier alpha value is -2.04. The van der Waals surface area contributed by atoms with Gasteiger partial charge in [0.15, 0.2) is 0 Å². The summed E-state index contributed by atoms with van der Waals surface area (Å²) in [4.78, 5) is 24.1. The Bertz CT molecular complexity index is 486. The Labute approximate surface area is 125 Å². The third-order valence-electron chi connectivity index (χ3n) is 3.81. The predicted molar refractivity (Wildman–Crippen MR) is 80.1 cm³/mol. The minimum absolute atomic E-state index is 0.0311. The lowest BCUT2D eigenvalue weighted by molar-refractivity contribution is -0.137. The first-order chi connectivity index (χ1) is 10.1. The van der Waals surface area contributed by atoms with E-state index in [-0.39, 0.29) is 25.0 Å². The number of aliphatic carboxylic acids is 1. The highest BCUT2D eigenvalue weighted by molar-refractivity contribution is 5.75. The fourth-order valence-electron chi connectivity index (χ4n) is 2.34. The lowest BCUT2D eigenvalue weighted by atomic mass is 10.0. The van der Waals surface area contributed by atoms with Crippen molar-refractivity contribution in [2.75, 3.05) is 13.6 Å². The number of carbonyl (C=O) groups is 2. The maximum atomic E-state index is 12.1. The van der Waals surface area contributed by atoms with Gasteiger partial charge in [-0.15, -0.1) is 0 Å². The average Bonchev–Trinajstić information content (AvgIpc) is 3.29. The van der Waals surface area contributed by atoms with Crippen LogP contribution in [0.25, 0.3) is 0 Å². The summed E-state index contributed by atoms with van der Waals surface area (Å²) >= 11 is 0. The van der Waals surface area contributed by atoms with Crippen molar-refractivity contribution in [3.63, 3.8) is 0 Å². The van der Waals surface area contributed by atoms with Crippen LogP contribution in [0.2, 0.25) is 0 Å². The summed E-state index contributed by atoms with van der Waals surface area (Å²) in [6.45, 7) is 0.226. The lowest BCUT2D eigenvalue weighted by Crippen LogP contribution is -2.45. The van der Waals surface area contributed by atoms with E-state index in [1.807, 2.05) is 18.2 Å². The number of hydrogen-bond acceptors (Lipinski definition) is 2. The number of amides is 2. The van der Waals surface area contributed by atoms with Crippen LogP contribution >= 0.6 is 0 Å². The van der Waals surface area contributed by atoms with E-state index in [1.54, 1.807) is 7.05 Å². The number of nitrogens with one attached hydrogen (secondary N) is 1. The summed E-state index contributed by atoms with van der Waals surface area (Å²) in [5.74, 6) is -0.347. The number of carboxylic acid groups (broad SMARTS) is 1. The number of hydrogen-bond donors (Lipinski definition) is 2. The molecule has 1 aromatic rings. The average molecular weight is 290 g/mol. The molecule has 2 amide bonds. The van der Waals surface area contributed by atoms with Crippen molar-refractivity contribution in [1.82, 2.24) is 10.2 Å². The normalized spacial score (nSPS) is 15.3. The standard InChI is InChI=1S/C16H22N2O3/c1-18(10-9-15(19)20)16(21)17-14(13-7-8-13)11-12-5-3-2-4-6-12/h2-6,13-14H,7-11H2,1H3,(H,17,21)(H,19,20). The highest BCUT2D eigenvalue weighted by Crippen LogP contribution is 2.34. The van der Waals surface area contributed by atoms with Gasteiger partial charge in [0.25, 0.3) is 0 Å². The zero-order valence-electron chi connectivity index (χ0n) is 12.3. The van der Waals surface area contributed by atoms with E-state index < -0.39 is 5.97 Å². The van der Waals surface area contributed by atoms with Crippen molar-refractivity contribution in [2.45, 2.75) is 31.7 Å². The maximum absolute atomic E-state index is 12.1. The SMILES string of the molecule is CN(CCC(=O)O)C(=O)NC(Cc1ccccc1)C1CC1. The van der Waals surface area contributed by atoms with Crippen LogP contribution in [0.4, 0.5) is 4.79 Å². The molecule has 0 spiro atoms. The van der Waals surface area contributed by atoms with Crippen LogP contribution in [0.15, 0.2) is 30.3 Å². The van der Waals surface area contributed by atoms with Crippen molar-refractivity contribution >= 4 is 12.0 Å². The molecular weight excluding hydrogens is 268 g/mol. The second-order valence-corrected chi connectivity index (χ2v) is 5.65. The van der Waals surface area contributed by atoms with E-state index >= 15 is 0 Å². The second kappa shape index (κ2) is 7.11. The van der Waals surface area contributed by atoms with Gasteiger partial charge in [0.2, 0.25) is 0 Å². The van der Waals surface area contributed by atoms with E-state index in [4.69, 9.17) is 5.11 Å². The number of urea groups is 1. The minimum atomic E-state index is -0.891. The second-order valence-electron chi connectivity index (χ2n) is 5.65. The monoisotopic (exact) mass is 290 g/mol. The molecule has 1 aliphatic carbocycles. The van der Waals surface area contributed by atoms with Crippen LogP contribution in [0.3, 0.4) is 0 Å². The number of carbonyl (C=O) groups excluding carboxylic acids is 1. The lowest BCUT2D eigenvalue weighted by Gasteiger charge is -2.23. The number of carboxylic acids is 1. The minimum Gasteiger partial charge on any atom is -0.481 e. The predicted octanol–water partition coefficient (Wildman–Crippen LogP) is 2.12. The fraction of sp³-hybridized carbons (Fsp3) is 0.500. The van der Waals surface area contributed by atoms with Crippen molar-refractivity contribution in [3.8, 4) is 0 Å². The van der Waals surface area contributed by atoms with E-state index in [0.717, 1.165) is 19.3 Å². The first kappa shape index (κ1) is 15.4.